The van der Waals surface area contributed by atoms with E-state index >= 15 is 0 Å². The molecule has 1 aliphatic heterocycles. The van der Waals surface area contributed by atoms with E-state index in [-0.39, 0.29) is 23.6 Å². The Morgan fingerprint density at radius 2 is 1.74 bits per heavy atom. The van der Waals surface area contributed by atoms with Gasteiger partial charge in [-0.05, 0) is 41.9 Å². The summed E-state index contributed by atoms with van der Waals surface area (Å²) in [7, 11) is 3.24. The van der Waals surface area contributed by atoms with Crippen LogP contribution in [0.3, 0.4) is 0 Å². The van der Waals surface area contributed by atoms with E-state index in [4.69, 9.17) is 0 Å². The molecule has 5 aliphatic rings. The molecule has 1 aromatic heterocycles. The molecule has 0 saturated heterocycles. The number of hydrogen-bond donors (Lipinski definition) is 0. The fourth-order valence-corrected chi connectivity index (χ4v) is 5.11. The first kappa shape index (κ1) is 20.3. The van der Waals surface area contributed by atoms with Gasteiger partial charge in [0.1, 0.15) is 7.05 Å². The lowest BCUT2D eigenvalue weighted by atomic mass is 9.63. The second-order valence-corrected chi connectivity index (χ2v) is 8.74. The molecule has 0 spiro atoms. The summed E-state index contributed by atoms with van der Waals surface area (Å²) >= 11 is 0. The zero-order valence-electron chi connectivity index (χ0n) is 19.2. The molecule has 10 heteroatoms. The van der Waals surface area contributed by atoms with Crippen molar-refractivity contribution < 1.29 is 9.48 Å². The smallest absolute Gasteiger partial charge is 0.374 e. The van der Waals surface area contributed by atoms with Gasteiger partial charge in [0.25, 0.3) is 0 Å². The summed E-state index contributed by atoms with van der Waals surface area (Å²) in [4.78, 5) is 25.6. The highest BCUT2D eigenvalue weighted by atomic mass is 16.2. The lowest BCUT2D eigenvalue weighted by Gasteiger charge is -2.44. The molecule has 1 aromatic rings. The van der Waals surface area contributed by atoms with E-state index in [1.54, 1.807) is 27.9 Å². The maximum atomic E-state index is 12.8. The molecule has 2 amide bonds. The number of hydrazone groups is 1. The Kier molecular flexibility index (Phi) is 4.22. The molecule has 2 unspecified atom stereocenters. The van der Waals surface area contributed by atoms with Gasteiger partial charge in [0.2, 0.25) is 5.82 Å². The Morgan fingerprint density at radius 3 is 2.56 bits per heavy atom. The summed E-state index contributed by atoms with van der Waals surface area (Å²) in [6, 6.07) is -0.311. The van der Waals surface area contributed by atoms with Gasteiger partial charge in [-0.25, -0.2) is 4.79 Å². The molecule has 0 aromatic carbocycles. The van der Waals surface area contributed by atoms with Crippen molar-refractivity contribution in [2.24, 2.45) is 24.0 Å². The van der Waals surface area contributed by atoms with Crippen LogP contribution in [0.25, 0.3) is 11.1 Å². The zero-order chi connectivity index (χ0) is 23.7. The molecule has 4 aliphatic carbocycles. The number of amides is 2. The highest BCUT2D eigenvalue weighted by Gasteiger charge is 2.42. The van der Waals surface area contributed by atoms with Gasteiger partial charge in [-0.3, -0.25) is 5.01 Å². The third-order valence-corrected chi connectivity index (χ3v) is 6.50. The molecule has 10 nitrogen and oxygen atoms in total. The second-order valence-electron chi connectivity index (χ2n) is 8.74. The van der Waals surface area contributed by atoms with Crippen LogP contribution < -0.4 is 10.4 Å². The maximum Gasteiger partial charge on any atom is 0.544 e. The monoisotopic (exact) mass is 454 g/mol. The van der Waals surface area contributed by atoms with Gasteiger partial charge in [0, 0.05) is 37.1 Å². The van der Waals surface area contributed by atoms with Crippen LogP contribution in [0.1, 0.15) is 12.7 Å². The molecule has 0 fully saturated rings. The number of amidine groups is 1. The topological polar surface area (TPSA) is 102 Å². The first-order valence-electron chi connectivity index (χ1n) is 11.0. The van der Waals surface area contributed by atoms with Gasteiger partial charge in [-0.1, -0.05) is 55.8 Å². The summed E-state index contributed by atoms with van der Waals surface area (Å²) in [5.74, 6) is 1.14. The van der Waals surface area contributed by atoms with Crippen molar-refractivity contribution in [3.05, 3.63) is 98.3 Å². The highest BCUT2D eigenvalue weighted by Crippen LogP contribution is 2.51. The quantitative estimate of drug-likeness (QED) is 0.638. The van der Waals surface area contributed by atoms with E-state index in [1.165, 1.54) is 25.0 Å². The van der Waals surface area contributed by atoms with Crippen molar-refractivity contribution in [1.29, 1.82) is 0 Å². The summed E-state index contributed by atoms with van der Waals surface area (Å²) in [5, 5.41) is 15.3. The summed E-state index contributed by atoms with van der Waals surface area (Å²) in [6.07, 6.45) is 16.3. The summed E-state index contributed by atoms with van der Waals surface area (Å²) < 4.78 is 2.73. The van der Waals surface area contributed by atoms with Crippen LogP contribution in [0.2, 0.25) is 0 Å². The fourth-order valence-electron chi connectivity index (χ4n) is 5.11. The van der Waals surface area contributed by atoms with Crippen LogP contribution in [0.5, 0.6) is 0 Å². The van der Waals surface area contributed by atoms with Crippen LogP contribution in [0.15, 0.2) is 86.5 Å². The Balaban J connectivity index is 1.47. The van der Waals surface area contributed by atoms with Crippen LogP contribution >= 0.6 is 0 Å². The minimum atomic E-state index is -0.311. The minimum Gasteiger partial charge on any atom is -0.374 e. The molecule has 2 heterocycles. The molecule has 0 N–H and O–H groups in total. The standard InChI is InChI=1S/C24H22N8O2/c1-13-25-29(3)23(33)31(27-13)18-11-16-6-5-15-8-10-20(32-24(34)30(4)26-14(2)28-32)19-9-7-17(12-18)21(16)22(15)19/h5-12,21-22H,1-4H3. The Labute approximate surface area is 195 Å². The number of aromatic nitrogens is 4. The van der Waals surface area contributed by atoms with E-state index in [1.807, 2.05) is 24.3 Å². The average Bonchev–Trinajstić information content (AvgIpc) is 2.81. The van der Waals surface area contributed by atoms with E-state index < -0.39 is 0 Å². The SMILES string of the molecule is CC1=NN(C)C(=O)N(C2=CC3=CC=C4C(n5nc(C)n[n+](C)c5=O)=CC=C5C=CC(=C2)C3C54)[N-]1. The fraction of sp³-hybridized carbons (Fsp3) is 0.250. The van der Waals surface area contributed by atoms with Gasteiger partial charge in [0.05, 0.1) is 0 Å². The van der Waals surface area contributed by atoms with Gasteiger partial charge in [-0.15, -0.1) is 0 Å². The predicted octanol–water partition coefficient (Wildman–Crippen LogP) is 2.03. The maximum absolute atomic E-state index is 12.8. The third-order valence-electron chi connectivity index (χ3n) is 6.50. The van der Waals surface area contributed by atoms with Crippen LogP contribution in [-0.2, 0) is 7.05 Å². The van der Waals surface area contributed by atoms with Gasteiger partial charge in [0.15, 0.2) is 5.70 Å². The Hall–Kier alpha value is -4.34. The van der Waals surface area contributed by atoms with Crippen LogP contribution in [0.4, 0.5) is 4.79 Å². The van der Waals surface area contributed by atoms with E-state index in [9.17, 15) is 9.59 Å². The summed E-state index contributed by atoms with van der Waals surface area (Å²) in [5.41, 5.74) is 9.85. The normalized spacial score (nSPS) is 24.7. The van der Waals surface area contributed by atoms with Crippen molar-refractivity contribution in [3.8, 4) is 0 Å². The lowest BCUT2D eigenvalue weighted by molar-refractivity contribution is -0.750. The van der Waals surface area contributed by atoms with Crippen LogP contribution in [-0.4, -0.2) is 43.8 Å². The number of carbonyl (C=O) groups excluding carboxylic acids is 1. The number of urea groups is 1. The largest absolute Gasteiger partial charge is 0.544 e. The molecule has 34 heavy (non-hydrogen) atoms. The molecular weight excluding hydrogens is 432 g/mol. The molecule has 0 bridgehead atoms. The molecule has 6 rings (SSSR count). The molecular formula is C24H22N8O2. The highest BCUT2D eigenvalue weighted by molar-refractivity contribution is 5.99. The van der Waals surface area contributed by atoms with Crippen molar-refractivity contribution in [1.82, 2.24) is 24.9 Å². The average molecular weight is 454 g/mol. The molecule has 0 radical (unpaired) electrons. The van der Waals surface area contributed by atoms with Crippen molar-refractivity contribution >= 4 is 17.6 Å². The molecule has 2 atom stereocenters. The minimum absolute atomic E-state index is 0.0431. The van der Waals surface area contributed by atoms with E-state index in [2.05, 4.69) is 45.0 Å². The Bertz CT molecular complexity index is 1480. The Morgan fingerprint density at radius 1 is 0.971 bits per heavy atom. The van der Waals surface area contributed by atoms with E-state index in [0.717, 1.165) is 22.4 Å². The number of carbonyl (C=O) groups is 1. The van der Waals surface area contributed by atoms with Crippen molar-refractivity contribution in [2.45, 2.75) is 13.8 Å². The number of hydrogen-bond acceptors (Lipinski definition) is 5. The second kappa shape index (κ2) is 7.08. The summed E-state index contributed by atoms with van der Waals surface area (Å²) in [6.45, 7) is 3.52. The van der Waals surface area contributed by atoms with Crippen LogP contribution in [0, 0.1) is 18.8 Å². The number of aryl methyl sites for hydroxylation is 2. The van der Waals surface area contributed by atoms with Crippen molar-refractivity contribution in [3.63, 3.8) is 0 Å². The zero-order valence-corrected chi connectivity index (χ0v) is 19.2. The lowest BCUT2D eigenvalue weighted by Crippen LogP contribution is -2.55. The predicted molar refractivity (Wildman–Crippen MR) is 124 cm³/mol. The number of allylic oxidation sites excluding steroid dienone is 13. The van der Waals surface area contributed by atoms with Crippen molar-refractivity contribution in [2.75, 3.05) is 7.05 Å². The number of rotatable bonds is 2. The van der Waals surface area contributed by atoms with Gasteiger partial charge < -0.3 is 15.5 Å². The molecule has 0 saturated carbocycles. The van der Waals surface area contributed by atoms with Gasteiger partial charge in [-0.2, -0.15) is 4.79 Å². The first-order chi connectivity index (χ1) is 16.3. The van der Waals surface area contributed by atoms with Gasteiger partial charge >= 0.3 is 11.7 Å². The number of nitrogens with zero attached hydrogens (tertiary/aromatic N) is 8. The third kappa shape index (κ3) is 2.88. The van der Waals surface area contributed by atoms with E-state index in [0.29, 0.717) is 17.4 Å². The first-order valence-corrected chi connectivity index (χ1v) is 11.0. The molecule has 170 valence electrons.